The van der Waals surface area contributed by atoms with E-state index in [1.807, 2.05) is 39.6 Å². The normalized spacial score (nSPS) is 14.8. The first kappa shape index (κ1) is 28.9. The fourth-order valence-corrected chi connectivity index (χ4v) is 4.84. The average molecular weight is 568 g/mol. The summed E-state index contributed by atoms with van der Waals surface area (Å²) in [6.07, 6.45) is 1.44. The standard InChI is InChI=1S/C27H34ClN9O3/c1-16(2)13-20(33-23-17(14-29)22(30)31-15-32-23)24-34-19-8-6-7-18(28)21(19)25(38)37(24)36-11-9-35(10-12-36)26(39)40-27(3,4)5/h6-8,15-16,20H,9-13H2,1-5H3,(H3,30,31,32,33)/t20-/m0/s1. The number of benzene rings is 1. The van der Waals surface area contributed by atoms with Crippen LogP contribution in [0.2, 0.25) is 5.02 Å². The molecule has 1 aliphatic rings. The van der Waals surface area contributed by atoms with Crippen molar-refractivity contribution in [2.24, 2.45) is 5.92 Å². The lowest BCUT2D eigenvalue weighted by molar-refractivity contribution is 0.0231. The summed E-state index contributed by atoms with van der Waals surface area (Å²) < 4.78 is 7.07. The summed E-state index contributed by atoms with van der Waals surface area (Å²) in [7, 11) is 0. The van der Waals surface area contributed by atoms with E-state index in [-0.39, 0.29) is 28.7 Å². The first-order valence-corrected chi connectivity index (χ1v) is 13.5. The number of rotatable bonds is 6. The lowest BCUT2D eigenvalue weighted by atomic mass is 10.0. The van der Waals surface area contributed by atoms with E-state index in [0.717, 1.165) is 0 Å². The van der Waals surface area contributed by atoms with Gasteiger partial charge < -0.3 is 25.7 Å². The molecular formula is C27H34ClN9O3. The minimum atomic E-state index is -0.611. The van der Waals surface area contributed by atoms with Gasteiger partial charge in [-0.05, 0) is 45.2 Å². The third-order valence-corrected chi connectivity index (χ3v) is 6.67. The summed E-state index contributed by atoms with van der Waals surface area (Å²) in [6, 6.07) is 6.67. The van der Waals surface area contributed by atoms with Crippen LogP contribution in [0.3, 0.4) is 0 Å². The van der Waals surface area contributed by atoms with Gasteiger partial charge in [0.05, 0.1) is 35.1 Å². The van der Waals surface area contributed by atoms with Crippen LogP contribution in [0.5, 0.6) is 0 Å². The lowest BCUT2D eigenvalue weighted by Gasteiger charge is -2.38. The van der Waals surface area contributed by atoms with Crippen LogP contribution in [-0.2, 0) is 4.74 Å². The largest absolute Gasteiger partial charge is 0.444 e. The molecule has 212 valence electrons. The van der Waals surface area contributed by atoms with Crippen molar-refractivity contribution >= 4 is 40.2 Å². The van der Waals surface area contributed by atoms with E-state index in [1.165, 1.54) is 11.0 Å². The van der Waals surface area contributed by atoms with E-state index >= 15 is 0 Å². The summed E-state index contributed by atoms with van der Waals surface area (Å²) in [4.78, 5) is 41.4. The maximum atomic E-state index is 14.1. The molecule has 2 aromatic heterocycles. The molecule has 1 amide bonds. The molecular weight excluding hydrogens is 534 g/mol. The van der Waals surface area contributed by atoms with Crippen molar-refractivity contribution in [2.75, 3.05) is 42.2 Å². The molecule has 12 nitrogen and oxygen atoms in total. The van der Waals surface area contributed by atoms with Gasteiger partial charge in [0.1, 0.15) is 35.2 Å². The highest BCUT2D eigenvalue weighted by atomic mass is 35.5. The molecule has 1 atom stereocenters. The van der Waals surface area contributed by atoms with Gasteiger partial charge in [-0.25, -0.2) is 24.4 Å². The second kappa shape index (κ2) is 11.6. The molecule has 3 N–H and O–H groups in total. The maximum absolute atomic E-state index is 14.1. The maximum Gasteiger partial charge on any atom is 0.410 e. The van der Waals surface area contributed by atoms with Crippen LogP contribution in [0, 0.1) is 17.2 Å². The predicted octanol–water partition coefficient (Wildman–Crippen LogP) is 3.68. The van der Waals surface area contributed by atoms with E-state index in [9.17, 15) is 14.9 Å². The number of anilines is 2. The highest BCUT2D eigenvalue weighted by Crippen LogP contribution is 2.29. The van der Waals surface area contributed by atoms with E-state index in [4.69, 9.17) is 27.1 Å². The molecule has 0 saturated carbocycles. The SMILES string of the molecule is CC(C)C[C@H](Nc1ncnc(N)c1C#N)c1nc2cccc(Cl)c2c(=O)n1N1CCN(C(=O)OC(C)(C)C)CC1. The fourth-order valence-electron chi connectivity index (χ4n) is 4.59. The van der Waals surface area contributed by atoms with E-state index in [0.29, 0.717) is 54.3 Å². The minimum Gasteiger partial charge on any atom is -0.444 e. The second-order valence-electron chi connectivity index (χ2n) is 11.1. The number of hydrogen-bond acceptors (Lipinski definition) is 10. The summed E-state index contributed by atoms with van der Waals surface area (Å²) in [5.74, 6) is 0.923. The minimum absolute atomic E-state index is 0.0530. The number of carbonyl (C=O) groups is 1. The molecule has 1 aromatic carbocycles. The van der Waals surface area contributed by atoms with Crippen molar-refractivity contribution in [3.63, 3.8) is 0 Å². The third-order valence-electron chi connectivity index (χ3n) is 6.36. The van der Waals surface area contributed by atoms with Crippen LogP contribution in [0.4, 0.5) is 16.4 Å². The summed E-state index contributed by atoms with van der Waals surface area (Å²) in [5.41, 5.74) is 5.56. The number of nitrogens with zero attached hydrogens (tertiary/aromatic N) is 7. The Morgan fingerprint density at radius 2 is 1.93 bits per heavy atom. The molecule has 0 unspecified atom stereocenters. The van der Waals surface area contributed by atoms with Crippen LogP contribution < -0.4 is 21.6 Å². The van der Waals surface area contributed by atoms with Crippen molar-refractivity contribution in [1.82, 2.24) is 24.5 Å². The number of halogens is 1. The smallest absolute Gasteiger partial charge is 0.410 e. The quantitative estimate of drug-likeness (QED) is 0.450. The van der Waals surface area contributed by atoms with E-state index in [2.05, 4.69) is 21.4 Å². The Labute approximate surface area is 237 Å². The Morgan fingerprint density at radius 3 is 2.55 bits per heavy atom. The highest BCUT2D eigenvalue weighted by molar-refractivity contribution is 6.35. The number of fused-ring (bicyclic) bond motifs is 1. The highest BCUT2D eigenvalue weighted by Gasteiger charge is 2.30. The van der Waals surface area contributed by atoms with Crippen LogP contribution in [-0.4, -0.2) is 62.4 Å². The Kier molecular flexibility index (Phi) is 8.34. The van der Waals surface area contributed by atoms with Crippen molar-refractivity contribution in [1.29, 1.82) is 5.26 Å². The number of nitrogen functional groups attached to an aromatic ring is 1. The van der Waals surface area contributed by atoms with E-state index < -0.39 is 17.7 Å². The number of piperazine rings is 1. The van der Waals surface area contributed by atoms with Gasteiger partial charge in [-0.1, -0.05) is 31.5 Å². The third kappa shape index (κ3) is 6.20. The molecule has 0 bridgehead atoms. The number of carbonyl (C=O) groups excluding carboxylic acids is 1. The average Bonchev–Trinajstić information content (AvgIpc) is 2.87. The van der Waals surface area contributed by atoms with Crippen molar-refractivity contribution in [3.8, 4) is 6.07 Å². The summed E-state index contributed by atoms with van der Waals surface area (Å²) in [6.45, 7) is 11.0. The number of hydrogen-bond donors (Lipinski definition) is 2. The monoisotopic (exact) mass is 567 g/mol. The van der Waals surface area contributed by atoms with Crippen LogP contribution in [0.1, 0.15) is 58.5 Å². The molecule has 4 rings (SSSR count). The molecule has 1 fully saturated rings. The van der Waals surface area contributed by atoms with Crippen LogP contribution >= 0.6 is 11.6 Å². The molecule has 1 aliphatic heterocycles. The number of nitrogens with two attached hydrogens (primary N) is 1. The lowest BCUT2D eigenvalue weighted by Crippen LogP contribution is -2.57. The van der Waals surface area contributed by atoms with Gasteiger partial charge in [0.15, 0.2) is 5.82 Å². The molecule has 0 aliphatic carbocycles. The number of nitriles is 1. The van der Waals surface area contributed by atoms with Crippen LogP contribution in [0.15, 0.2) is 29.3 Å². The fraction of sp³-hybridized carbons (Fsp3) is 0.481. The van der Waals surface area contributed by atoms with E-state index in [1.54, 1.807) is 23.1 Å². The first-order chi connectivity index (χ1) is 18.9. The topological polar surface area (TPSA) is 155 Å². The Hall–Kier alpha value is -4.11. The van der Waals surface area contributed by atoms with Crippen LogP contribution in [0.25, 0.3) is 10.9 Å². The summed E-state index contributed by atoms with van der Waals surface area (Å²) in [5, 5.41) is 15.5. The number of nitrogens with one attached hydrogen (secondary N) is 1. The number of amides is 1. The van der Waals surface area contributed by atoms with Crippen molar-refractivity contribution in [2.45, 2.75) is 52.7 Å². The summed E-state index contributed by atoms with van der Waals surface area (Å²) >= 11 is 6.48. The predicted molar refractivity (Wildman–Crippen MR) is 154 cm³/mol. The second-order valence-corrected chi connectivity index (χ2v) is 11.5. The van der Waals surface area contributed by atoms with Gasteiger partial charge in [0, 0.05) is 13.1 Å². The van der Waals surface area contributed by atoms with Gasteiger partial charge in [-0.15, -0.1) is 0 Å². The van der Waals surface area contributed by atoms with Gasteiger partial charge >= 0.3 is 6.09 Å². The molecule has 3 heterocycles. The zero-order valence-electron chi connectivity index (χ0n) is 23.3. The number of aromatic nitrogens is 4. The molecule has 13 heteroatoms. The molecule has 1 saturated heterocycles. The van der Waals surface area contributed by atoms with Crippen molar-refractivity contribution in [3.05, 3.63) is 51.3 Å². The Bertz CT molecular complexity index is 1500. The Morgan fingerprint density at radius 1 is 1.23 bits per heavy atom. The van der Waals surface area contributed by atoms with Gasteiger partial charge in [0.25, 0.3) is 5.56 Å². The molecule has 0 radical (unpaired) electrons. The first-order valence-electron chi connectivity index (χ1n) is 13.1. The molecule has 3 aromatic rings. The van der Waals surface area contributed by atoms with Crippen molar-refractivity contribution < 1.29 is 9.53 Å². The number of ether oxygens (including phenoxy) is 1. The van der Waals surface area contributed by atoms with Gasteiger partial charge in [-0.3, -0.25) is 4.79 Å². The van der Waals surface area contributed by atoms with Gasteiger partial charge in [-0.2, -0.15) is 5.26 Å². The Balaban J connectivity index is 1.79. The zero-order valence-corrected chi connectivity index (χ0v) is 24.1. The molecule has 40 heavy (non-hydrogen) atoms. The molecule has 0 spiro atoms. The zero-order chi connectivity index (χ0) is 29.2. The van der Waals surface area contributed by atoms with Gasteiger partial charge in [0.2, 0.25) is 0 Å².